The molecule has 3 rings (SSSR count). The lowest BCUT2D eigenvalue weighted by Crippen LogP contribution is -2.13. The smallest absolute Gasteiger partial charge is 0.277 e. The number of ether oxygens (including phenoxy) is 1. The highest BCUT2D eigenvalue weighted by Crippen LogP contribution is 2.25. The van der Waals surface area contributed by atoms with Gasteiger partial charge >= 0.3 is 0 Å². The van der Waals surface area contributed by atoms with E-state index in [0.717, 1.165) is 22.6 Å². The third-order valence-electron chi connectivity index (χ3n) is 3.37. The van der Waals surface area contributed by atoms with E-state index < -0.39 is 0 Å². The zero-order valence-corrected chi connectivity index (χ0v) is 14.7. The Morgan fingerprint density at radius 2 is 2.00 bits per heavy atom. The molecule has 0 radical (unpaired) electrons. The van der Waals surface area contributed by atoms with Gasteiger partial charge in [-0.25, -0.2) is 0 Å². The number of nitrogens with one attached hydrogen (secondary N) is 1. The molecule has 3 aromatic rings. The van der Waals surface area contributed by atoms with Crippen LogP contribution in [-0.4, -0.2) is 29.0 Å². The number of hydrogen-bond donors (Lipinski definition) is 1. The highest BCUT2D eigenvalue weighted by atomic mass is 32.2. The number of aryl methyl sites for hydroxylation is 1. The first-order chi connectivity index (χ1) is 12.1. The molecule has 0 saturated heterocycles. The Morgan fingerprint density at radius 1 is 1.20 bits per heavy atom. The molecule has 7 heteroatoms. The van der Waals surface area contributed by atoms with Crippen molar-refractivity contribution in [2.75, 3.05) is 18.2 Å². The van der Waals surface area contributed by atoms with Gasteiger partial charge in [0.15, 0.2) is 0 Å². The van der Waals surface area contributed by atoms with Crippen LogP contribution in [0, 0.1) is 6.92 Å². The number of thioether (sulfide) groups is 1. The first kappa shape index (κ1) is 17.0. The summed E-state index contributed by atoms with van der Waals surface area (Å²) < 4.78 is 10.7. The molecule has 1 aromatic heterocycles. The fourth-order valence-corrected chi connectivity index (χ4v) is 2.73. The summed E-state index contributed by atoms with van der Waals surface area (Å²) in [5.41, 5.74) is 2.66. The fourth-order valence-electron chi connectivity index (χ4n) is 2.17. The quantitative estimate of drug-likeness (QED) is 0.678. The molecule has 0 bridgehead atoms. The Labute approximate surface area is 149 Å². The molecule has 0 spiro atoms. The summed E-state index contributed by atoms with van der Waals surface area (Å²) in [7, 11) is 1.61. The van der Waals surface area contributed by atoms with Crippen LogP contribution in [0.5, 0.6) is 5.75 Å². The van der Waals surface area contributed by atoms with E-state index in [-0.39, 0.29) is 11.7 Å². The van der Waals surface area contributed by atoms with Gasteiger partial charge in [-0.05, 0) is 48.9 Å². The van der Waals surface area contributed by atoms with E-state index in [1.807, 2.05) is 55.5 Å². The van der Waals surface area contributed by atoms with Crippen molar-refractivity contribution in [2.45, 2.75) is 12.1 Å². The van der Waals surface area contributed by atoms with Crippen LogP contribution >= 0.6 is 11.8 Å². The van der Waals surface area contributed by atoms with Gasteiger partial charge in [0.05, 0.1) is 12.9 Å². The Bertz CT molecular complexity index is 862. The largest absolute Gasteiger partial charge is 0.497 e. The van der Waals surface area contributed by atoms with Gasteiger partial charge in [-0.1, -0.05) is 23.9 Å². The van der Waals surface area contributed by atoms with Crippen molar-refractivity contribution in [1.29, 1.82) is 0 Å². The monoisotopic (exact) mass is 355 g/mol. The molecule has 1 N–H and O–H groups in total. The maximum absolute atomic E-state index is 12.0. The van der Waals surface area contributed by atoms with Crippen LogP contribution < -0.4 is 10.1 Å². The zero-order valence-electron chi connectivity index (χ0n) is 13.9. The van der Waals surface area contributed by atoms with Crippen LogP contribution in [0.15, 0.2) is 58.2 Å². The van der Waals surface area contributed by atoms with Crippen LogP contribution in [-0.2, 0) is 4.79 Å². The number of methoxy groups -OCH3 is 1. The van der Waals surface area contributed by atoms with Crippen molar-refractivity contribution in [1.82, 2.24) is 10.2 Å². The molecule has 0 atom stereocenters. The van der Waals surface area contributed by atoms with Gasteiger partial charge in [0.1, 0.15) is 5.75 Å². The maximum Gasteiger partial charge on any atom is 0.277 e. The molecule has 1 amide bonds. The van der Waals surface area contributed by atoms with Gasteiger partial charge in [0.2, 0.25) is 11.8 Å². The second-order valence-electron chi connectivity index (χ2n) is 5.31. The minimum absolute atomic E-state index is 0.125. The Kier molecular flexibility index (Phi) is 5.35. The third-order valence-corrected chi connectivity index (χ3v) is 4.19. The van der Waals surface area contributed by atoms with E-state index in [1.165, 1.54) is 11.8 Å². The van der Waals surface area contributed by atoms with Crippen molar-refractivity contribution >= 4 is 23.4 Å². The minimum atomic E-state index is -0.125. The molecule has 0 unspecified atom stereocenters. The van der Waals surface area contributed by atoms with Gasteiger partial charge in [-0.15, -0.1) is 10.2 Å². The maximum atomic E-state index is 12.0. The van der Waals surface area contributed by atoms with Crippen LogP contribution in [0.4, 0.5) is 5.69 Å². The standard InChI is InChI=1S/C18H17N3O3S/c1-12-4-3-5-14(10-12)19-16(22)11-25-18-21-20-17(24-18)13-6-8-15(23-2)9-7-13/h3-10H,11H2,1-2H3,(H,19,22). The lowest BCUT2D eigenvalue weighted by Gasteiger charge is -2.04. The lowest BCUT2D eigenvalue weighted by atomic mass is 10.2. The number of benzene rings is 2. The van der Waals surface area contributed by atoms with Gasteiger partial charge in [-0.3, -0.25) is 4.79 Å². The summed E-state index contributed by atoms with van der Waals surface area (Å²) in [4.78, 5) is 12.0. The number of hydrogen-bond acceptors (Lipinski definition) is 6. The molecular formula is C18H17N3O3S. The SMILES string of the molecule is COc1ccc(-c2nnc(SCC(=O)Nc3cccc(C)c3)o2)cc1. The number of nitrogens with zero attached hydrogens (tertiary/aromatic N) is 2. The summed E-state index contributed by atoms with van der Waals surface area (Å²) in [5.74, 6) is 1.23. The third kappa shape index (κ3) is 4.60. The van der Waals surface area contributed by atoms with E-state index in [1.54, 1.807) is 7.11 Å². The molecule has 1 heterocycles. The normalized spacial score (nSPS) is 10.5. The first-order valence-corrected chi connectivity index (χ1v) is 8.60. The highest BCUT2D eigenvalue weighted by molar-refractivity contribution is 7.99. The number of aromatic nitrogens is 2. The Morgan fingerprint density at radius 3 is 2.72 bits per heavy atom. The summed E-state index contributed by atoms with van der Waals surface area (Å²) in [6, 6.07) is 15.0. The summed E-state index contributed by atoms with van der Waals surface area (Å²) in [6.07, 6.45) is 0. The number of anilines is 1. The van der Waals surface area contributed by atoms with E-state index in [2.05, 4.69) is 15.5 Å². The van der Waals surface area contributed by atoms with Gasteiger partial charge in [0.25, 0.3) is 5.22 Å². The topological polar surface area (TPSA) is 77.2 Å². The fraction of sp³-hybridized carbons (Fsp3) is 0.167. The Hall–Kier alpha value is -2.80. The molecule has 0 saturated carbocycles. The number of carbonyl (C=O) groups excluding carboxylic acids is 1. The summed E-state index contributed by atoms with van der Waals surface area (Å²) in [6.45, 7) is 1.98. The van der Waals surface area contributed by atoms with Gasteiger partial charge < -0.3 is 14.5 Å². The van der Waals surface area contributed by atoms with Crippen molar-refractivity contribution < 1.29 is 13.9 Å². The number of carbonyl (C=O) groups is 1. The Balaban J connectivity index is 1.56. The van der Waals surface area contributed by atoms with Crippen molar-refractivity contribution in [3.63, 3.8) is 0 Å². The van der Waals surface area contributed by atoms with Gasteiger partial charge in [-0.2, -0.15) is 0 Å². The van der Waals surface area contributed by atoms with Crippen LogP contribution in [0.25, 0.3) is 11.5 Å². The molecule has 0 aliphatic rings. The molecule has 128 valence electrons. The van der Waals surface area contributed by atoms with Crippen LogP contribution in [0.1, 0.15) is 5.56 Å². The van der Waals surface area contributed by atoms with E-state index in [4.69, 9.17) is 9.15 Å². The van der Waals surface area contributed by atoms with Crippen molar-refractivity contribution in [2.24, 2.45) is 0 Å². The molecule has 25 heavy (non-hydrogen) atoms. The second-order valence-corrected chi connectivity index (χ2v) is 6.23. The summed E-state index contributed by atoms with van der Waals surface area (Å²) >= 11 is 1.20. The predicted octanol–water partition coefficient (Wildman–Crippen LogP) is 3.78. The van der Waals surface area contributed by atoms with Crippen molar-refractivity contribution in [3.05, 3.63) is 54.1 Å². The zero-order chi connectivity index (χ0) is 17.6. The number of rotatable bonds is 6. The molecule has 6 nitrogen and oxygen atoms in total. The van der Waals surface area contributed by atoms with Crippen molar-refractivity contribution in [3.8, 4) is 17.2 Å². The second kappa shape index (κ2) is 7.85. The molecule has 0 aliphatic heterocycles. The molecule has 2 aromatic carbocycles. The van der Waals surface area contributed by atoms with Crippen LogP contribution in [0.3, 0.4) is 0 Å². The van der Waals surface area contributed by atoms with E-state index in [0.29, 0.717) is 11.1 Å². The average molecular weight is 355 g/mol. The van der Waals surface area contributed by atoms with E-state index >= 15 is 0 Å². The minimum Gasteiger partial charge on any atom is -0.497 e. The average Bonchev–Trinajstić information content (AvgIpc) is 3.09. The predicted molar refractivity (Wildman–Crippen MR) is 96.8 cm³/mol. The van der Waals surface area contributed by atoms with Gasteiger partial charge in [0, 0.05) is 11.3 Å². The highest BCUT2D eigenvalue weighted by Gasteiger charge is 2.11. The molecular weight excluding hydrogens is 338 g/mol. The van der Waals surface area contributed by atoms with Crippen LogP contribution in [0.2, 0.25) is 0 Å². The lowest BCUT2D eigenvalue weighted by molar-refractivity contribution is -0.113. The molecule has 0 fully saturated rings. The van der Waals surface area contributed by atoms with E-state index in [9.17, 15) is 4.79 Å². The first-order valence-electron chi connectivity index (χ1n) is 7.61. The number of amides is 1. The molecule has 0 aliphatic carbocycles. The summed E-state index contributed by atoms with van der Waals surface area (Å²) in [5, 5.41) is 11.2.